The van der Waals surface area contributed by atoms with E-state index in [-0.39, 0.29) is 26.0 Å². The molecule has 33 heavy (non-hydrogen) atoms. The van der Waals surface area contributed by atoms with E-state index in [0.29, 0.717) is 37.0 Å². The molecule has 11 heteroatoms. The highest BCUT2D eigenvalue weighted by Gasteiger charge is 2.16. The van der Waals surface area contributed by atoms with Crippen molar-refractivity contribution in [1.82, 2.24) is 18.7 Å². The summed E-state index contributed by atoms with van der Waals surface area (Å²) in [5.41, 5.74) is 0.920. The normalized spacial score (nSPS) is 13.4. The lowest BCUT2D eigenvalue weighted by atomic mass is 10.1. The van der Waals surface area contributed by atoms with Crippen LogP contribution >= 0.6 is 8.25 Å². The molecule has 0 aliphatic carbocycles. The van der Waals surface area contributed by atoms with Gasteiger partial charge in [0, 0.05) is 20.2 Å². The number of hydrogen-bond acceptors (Lipinski definition) is 7. The van der Waals surface area contributed by atoms with Gasteiger partial charge in [-0.15, -0.1) is 0 Å². The number of rotatable bonds is 13. The van der Waals surface area contributed by atoms with Crippen LogP contribution < -0.4 is 11.2 Å². The molecule has 1 aromatic carbocycles. The molecule has 0 saturated heterocycles. The number of aryl methyl sites for hydroxylation is 1. The lowest BCUT2D eigenvalue weighted by Crippen LogP contribution is -2.39. The van der Waals surface area contributed by atoms with Gasteiger partial charge in [0.15, 0.2) is 11.2 Å². The van der Waals surface area contributed by atoms with Crippen molar-refractivity contribution in [2.45, 2.75) is 52.5 Å². The summed E-state index contributed by atoms with van der Waals surface area (Å²) in [5.74, 6) is 0. The number of imidazole rings is 1. The Morgan fingerprint density at radius 2 is 1.91 bits per heavy atom. The molecular formula is C22H31N4O6P. The molecule has 0 radical (unpaired) electrons. The van der Waals surface area contributed by atoms with Crippen LogP contribution in [0.3, 0.4) is 0 Å². The average Bonchev–Trinajstić information content (AvgIpc) is 3.22. The van der Waals surface area contributed by atoms with Crippen LogP contribution in [0.4, 0.5) is 0 Å². The topological polar surface area (TPSA) is 107 Å². The molecule has 3 aromatic rings. The molecule has 180 valence electrons. The number of benzene rings is 1. The quantitative estimate of drug-likeness (QED) is 0.275. The third-order valence-electron chi connectivity index (χ3n) is 5.20. The summed E-state index contributed by atoms with van der Waals surface area (Å²) >= 11 is 0. The number of ether oxygens (including phenoxy) is 1. The highest BCUT2D eigenvalue weighted by molar-refractivity contribution is 7.33. The number of fused-ring (bicyclic) bond motifs is 1. The first-order chi connectivity index (χ1) is 15.9. The van der Waals surface area contributed by atoms with Crippen molar-refractivity contribution < 1.29 is 18.3 Å². The molecule has 0 N–H and O–H groups in total. The lowest BCUT2D eigenvalue weighted by Gasteiger charge is -2.13. The SMILES string of the molecule is CCOCn1cnc2c1c(=O)n(CCCCO[PH](=O)OC(C)Cc1ccccc1)c(=O)n2C. The molecule has 0 saturated carbocycles. The molecule has 0 aliphatic heterocycles. The highest BCUT2D eigenvalue weighted by Crippen LogP contribution is 2.27. The molecule has 0 bridgehead atoms. The van der Waals surface area contributed by atoms with Gasteiger partial charge in [0.2, 0.25) is 0 Å². The first-order valence-electron chi connectivity index (χ1n) is 11.0. The first-order valence-corrected chi connectivity index (χ1v) is 12.2. The highest BCUT2D eigenvalue weighted by atomic mass is 31.1. The fraction of sp³-hybridized carbons (Fsp3) is 0.500. The third-order valence-corrected chi connectivity index (χ3v) is 6.23. The second-order valence-corrected chi connectivity index (χ2v) is 8.75. The first kappa shape index (κ1) is 25.1. The van der Waals surface area contributed by atoms with Gasteiger partial charge in [-0.1, -0.05) is 30.3 Å². The predicted octanol–water partition coefficient (Wildman–Crippen LogP) is 2.73. The molecule has 3 rings (SSSR count). The zero-order valence-corrected chi connectivity index (χ0v) is 20.2. The van der Waals surface area contributed by atoms with Gasteiger partial charge < -0.3 is 18.4 Å². The lowest BCUT2D eigenvalue weighted by molar-refractivity contribution is 0.0903. The van der Waals surface area contributed by atoms with Crippen molar-refractivity contribution in [1.29, 1.82) is 0 Å². The fourth-order valence-electron chi connectivity index (χ4n) is 3.52. The van der Waals surface area contributed by atoms with E-state index in [0.717, 1.165) is 5.56 Å². The molecule has 0 spiro atoms. The molecule has 2 aromatic heterocycles. The second kappa shape index (κ2) is 12.1. The van der Waals surface area contributed by atoms with Gasteiger partial charge in [0.25, 0.3) is 5.56 Å². The maximum absolute atomic E-state index is 12.9. The maximum Gasteiger partial charge on any atom is 0.332 e. The largest absolute Gasteiger partial charge is 0.361 e. The summed E-state index contributed by atoms with van der Waals surface area (Å²) in [6, 6.07) is 9.82. The van der Waals surface area contributed by atoms with Crippen molar-refractivity contribution in [3.05, 3.63) is 63.1 Å². The van der Waals surface area contributed by atoms with E-state index in [1.807, 2.05) is 44.2 Å². The van der Waals surface area contributed by atoms with Crippen molar-refractivity contribution in [3.63, 3.8) is 0 Å². The van der Waals surface area contributed by atoms with Crippen LogP contribution in [0.25, 0.3) is 11.2 Å². The Morgan fingerprint density at radius 3 is 2.64 bits per heavy atom. The second-order valence-electron chi connectivity index (χ2n) is 7.73. The number of nitrogens with zero attached hydrogens (tertiary/aromatic N) is 4. The summed E-state index contributed by atoms with van der Waals surface area (Å²) in [6.07, 6.45) is 2.95. The standard InChI is InChI=1S/C22H31N4O6P/c1-4-30-16-25-15-23-20-19(25)21(27)26(22(28)24(20)3)12-8-9-13-31-33(29)32-17(2)14-18-10-6-5-7-11-18/h5-7,10-11,15,17,33H,4,8-9,12-14,16H2,1-3H3. The van der Waals surface area contributed by atoms with E-state index in [1.165, 1.54) is 15.5 Å². The monoisotopic (exact) mass is 478 g/mol. The van der Waals surface area contributed by atoms with Gasteiger partial charge in [0.05, 0.1) is 19.0 Å². The Balaban J connectivity index is 1.51. The van der Waals surface area contributed by atoms with Gasteiger partial charge in [-0.3, -0.25) is 18.5 Å². The van der Waals surface area contributed by atoms with E-state index in [2.05, 4.69) is 4.98 Å². The Labute approximate surface area is 192 Å². The zero-order chi connectivity index (χ0) is 23.8. The molecule has 2 atom stereocenters. The van der Waals surface area contributed by atoms with Crippen molar-refractivity contribution in [2.24, 2.45) is 7.05 Å². The van der Waals surface area contributed by atoms with Crippen molar-refractivity contribution >= 4 is 19.4 Å². The maximum atomic E-state index is 12.9. The van der Waals surface area contributed by atoms with E-state index in [9.17, 15) is 14.2 Å². The average molecular weight is 478 g/mol. The summed E-state index contributed by atoms with van der Waals surface area (Å²) in [7, 11) is -1.04. The van der Waals surface area contributed by atoms with Gasteiger partial charge in [0.1, 0.15) is 6.73 Å². The summed E-state index contributed by atoms with van der Waals surface area (Å²) in [6.45, 7) is 4.83. The molecule has 0 aliphatic rings. The Bertz CT molecular complexity index is 1190. The van der Waals surface area contributed by atoms with Crippen LogP contribution in [-0.4, -0.2) is 38.0 Å². The summed E-state index contributed by atoms with van der Waals surface area (Å²) in [4.78, 5) is 29.7. The fourth-order valence-corrected chi connectivity index (χ4v) is 4.31. The molecule has 0 fully saturated rings. The minimum Gasteiger partial charge on any atom is -0.361 e. The smallest absolute Gasteiger partial charge is 0.332 e. The number of hydrogen-bond donors (Lipinski definition) is 0. The Kier molecular flexibility index (Phi) is 9.20. The minimum absolute atomic E-state index is 0.186. The van der Waals surface area contributed by atoms with Crippen LogP contribution in [0.15, 0.2) is 46.2 Å². The molecule has 2 unspecified atom stereocenters. The van der Waals surface area contributed by atoms with Crippen molar-refractivity contribution in [2.75, 3.05) is 13.2 Å². The van der Waals surface area contributed by atoms with Crippen LogP contribution in [0.2, 0.25) is 0 Å². The van der Waals surface area contributed by atoms with Crippen LogP contribution in [0, 0.1) is 0 Å². The Hall–Kier alpha value is -2.52. The van der Waals surface area contributed by atoms with Crippen LogP contribution in [-0.2, 0) is 45.1 Å². The van der Waals surface area contributed by atoms with Gasteiger partial charge in [-0.25, -0.2) is 9.78 Å². The van der Waals surface area contributed by atoms with Crippen molar-refractivity contribution in [3.8, 4) is 0 Å². The van der Waals surface area contributed by atoms with Crippen LogP contribution in [0.1, 0.15) is 32.3 Å². The summed E-state index contributed by atoms with van der Waals surface area (Å²) in [5, 5.41) is 0. The number of aromatic nitrogens is 4. The molecule has 2 heterocycles. The van der Waals surface area contributed by atoms with E-state index >= 15 is 0 Å². The molecular weight excluding hydrogens is 447 g/mol. The van der Waals surface area contributed by atoms with Gasteiger partial charge >= 0.3 is 13.9 Å². The van der Waals surface area contributed by atoms with Gasteiger partial charge in [-0.2, -0.15) is 0 Å². The van der Waals surface area contributed by atoms with E-state index in [4.69, 9.17) is 13.8 Å². The van der Waals surface area contributed by atoms with Gasteiger partial charge in [-0.05, 0) is 38.7 Å². The third kappa shape index (κ3) is 6.51. The predicted molar refractivity (Wildman–Crippen MR) is 126 cm³/mol. The van der Waals surface area contributed by atoms with E-state index in [1.54, 1.807) is 11.6 Å². The van der Waals surface area contributed by atoms with E-state index < -0.39 is 19.5 Å². The minimum atomic E-state index is -2.62. The number of unbranched alkanes of at least 4 members (excludes halogenated alkanes) is 1. The summed E-state index contributed by atoms with van der Waals surface area (Å²) < 4.78 is 32.4. The zero-order valence-electron chi connectivity index (χ0n) is 19.2. The molecule has 10 nitrogen and oxygen atoms in total. The Morgan fingerprint density at radius 1 is 1.15 bits per heavy atom. The molecule has 0 amide bonds. The van der Waals surface area contributed by atoms with Crippen LogP contribution in [0.5, 0.6) is 0 Å².